The molecule has 3 N–H and O–H groups in total. The van der Waals surface area contributed by atoms with E-state index >= 15 is 0 Å². The zero-order valence-corrected chi connectivity index (χ0v) is 12.2. The molecular weight excluding hydrogens is 250 g/mol. The summed E-state index contributed by atoms with van der Waals surface area (Å²) in [4.78, 5) is 14.9. The Morgan fingerprint density at radius 1 is 1.61 bits per heavy atom. The number of thioether (sulfide) groups is 1. The number of amides is 1. The fourth-order valence-corrected chi connectivity index (χ4v) is 2.62. The molecule has 0 saturated carbocycles. The van der Waals surface area contributed by atoms with Crippen molar-refractivity contribution in [2.24, 2.45) is 16.1 Å². The monoisotopic (exact) mass is 273 g/mol. The number of primary amides is 1. The van der Waals surface area contributed by atoms with Gasteiger partial charge in [0.2, 0.25) is 5.91 Å². The van der Waals surface area contributed by atoms with Gasteiger partial charge in [-0.3, -0.25) is 9.79 Å². The molecule has 0 spiro atoms. The van der Waals surface area contributed by atoms with Gasteiger partial charge >= 0.3 is 0 Å². The third kappa shape index (κ3) is 5.73. The van der Waals surface area contributed by atoms with Crippen LogP contribution in [-0.4, -0.2) is 42.6 Å². The first-order valence-corrected chi connectivity index (χ1v) is 7.18. The van der Waals surface area contributed by atoms with Gasteiger partial charge in [-0.2, -0.15) is 0 Å². The third-order valence-corrected chi connectivity index (χ3v) is 3.68. The summed E-state index contributed by atoms with van der Waals surface area (Å²) in [6, 6.07) is 0.462. The fraction of sp³-hybridized carbons (Fsp3) is 0.833. The molecule has 1 saturated heterocycles. The van der Waals surface area contributed by atoms with Crippen molar-refractivity contribution in [3.63, 3.8) is 0 Å². The number of carbonyl (C=O) groups excluding carboxylic acids is 1. The molecule has 0 aromatic heterocycles. The van der Waals surface area contributed by atoms with Crippen LogP contribution in [0.4, 0.5) is 0 Å². The molecule has 0 radical (unpaired) electrons. The topological polar surface area (TPSA) is 76.7 Å². The Morgan fingerprint density at radius 3 is 2.94 bits per heavy atom. The van der Waals surface area contributed by atoms with E-state index in [0.29, 0.717) is 19.2 Å². The van der Waals surface area contributed by atoms with Gasteiger partial charge in [-0.05, 0) is 11.8 Å². The van der Waals surface area contributed by atoms with Crippen molar-refractivity contribution in [3.8, 4) is 0 Å². The molecule has 1 aliphatic rings. The van der Waals surface area contributed by atoms with Gasteiger partial charge in [-0.15, -0.1) is 0 Å². The second kappa shape index (κ2) is 6.99. The van der Waals surface area contributed by atoms with Crippen LogP contribution in [0.15, 0.2) is 4.99 Å². The minimum absolute atomic E-state index is 0.0317. The number of hydrogen-bond acceptors (Lipinski definition) is 4. The molecule has 1 heterocycles. The van der Waals surface area contributed by atoms with E-state index < -0.39 is 5.91 Å². The molecular formula is C12H23N3O2S. The Balaban J connectivity index is 2.30. The summed E-state index contributed by atoms with van der Waals surface area (Å²) in [5, 5.41) is 4.43. The normalized spacial score (nSPS) is 22.8. The fourth-order valence-electron chi connectivity index (χ4n) is 1.66. The van der Waals surface area contributed by atoms with E-state index in [-0.39, 0.29) is 12.0 Å². The molecule has 1 rings (SSSR count). The highest BCUT2D eigenvalue weighted by atomic mass is 32.2. The van der Waals surface area contributed by atoms with Gasteiger partial charge < -0.3 is 15.8 Å². The maximum atomic E-state index is 10.5. The number of hydrogen-bond donors (Lipinski definition) is 2. The average molecular weight is 273 g/mol. The lowest BCUT2D eigenvalue weighted by atomic mass is 9.85. The van der Waals surface area contributed by atoms with Gasteiger partial charge in [0.1, 0.15) is 6.61 Å². The lowest BCUT2D eigenvalue weighted by Crippen LogP contribution is -2.46. The van der Waals surface area contributed by atoms with Crippen LogP contribution >= 0.6 is 11.8 Å². The van der Waals surface area contributed by atoms with Crippen molar-refractivity contribution in [3.05, 3.63) is 0 Å². The number of nitrogens with zero attached hydrogens (tertiary/aromatic N) is 1. The molecule has 1 aliphatic heterocycles. The first-order valence-electron chi connectivity index (χ1n) is 6.19. The second-order valence-corrected chi connectivity index (χ2v) is 6.49. The number of amidine groups is 1. The van der Waals surface area contributed by atoms with Crippen molar-refractivity contribution < 1.29 is 9.53 Å². The lowest BCUT2D eigenvalue weighted by molar-refractivity contribution is -0.122. The maximum Gasteiger partial charge on any atom is 0.243 e. The van der Waals surface area contributed by atoms with E-state index in [1.54, 1.807) is 11.8 Å². The Kier molecular flexibility index (Phi) is 5.95. The molecule has 1 amide bonds. The summed E-state index contributed by atoms with van der Waals surface area (Å²) in [5.41, 5.74) is 5.21. The van der Waals surface area contributed by atoms with Gasteiger partial charge in [0.25, 0.3) is 0 Å². The maximum absolute atomic E-state index is 10.5. The van der Waals surface area contributed by atoms with Crippen molar-refractivity contribution in [2.75, 3.05) is 25.5 Å². The van der Waals surface area contributed by atoms with Crippen LogP contribution in [0, 0.1) is 5.41 Å². The standard InChI is InChI=1S/C12H23N3O2S/c1-12(2,3)9-4-7-18-11(15-9)14-5-6-17-8-10(13)16/h9H,4-8H2,1-3H3,(H2,13,16)(H,14,15). The molecule has 0 bridgehead atoms. The van der Waals surface area contributed by atoms with Crippen LogP contribution < -0.4 is 11.1 Å². The molecule has 6 heteroatoms. The minimum atomic E-state index is -0.444. The van der Waals surface area contributed by atoms with Crippen LogP contribution in [0.3, 0.4) is 0 Å². The molecule has 1 atom stereocenters. The quantitative estimate of drug-likeness (QED) is 0.732. The Labute approximate surface area is 113 Å². The first-order chi connectivity index (χ1) is 8.39. The molecule has 0 aliphatic carbocycles. The molecule has 0 aromatic rings. The Hall–Kier alpha value is -0.750. The summed E-state index contributed by atoms with van der Waals surface area (Å²) in [7, 11) is 0. The number of carbonyl (C=O) groups is 1. The highest BCUT2D eigenvalue weighted by molar-refractivity contribution is 8.13. The van der Waals surface area contributed by atoms with Crippen LogP contribution in [0.25, 0.3) is 0 Å². The first kappa shape index (κ1) is 15.3. The average Bonchev–Trinajstić information content (AvgIpc) is 2.27. The van der Waals surface area contributed by atoms with Crippen molar-refractivity contribution in [2.45, 2.75) is 33.2 Å². The lowest BCUT2D eigenvalue weighted by Gasteiger charge is -2.35. The molecule has 18 heavy (non-hydrogen) atoms. The Morgan fingerprint density at radius 2 is 2.33 bits per heavy atom. The predicted octanol–water partition coefficient (Wildman–Crippen LogP) is 0.986. The van der Waals surface area contributed by atoms with Crippen LogP contribution in [-0.2, 0) is 9.53 Å². The van der Waals surface area contributed by atoms with Gasteiger partial charge in [0, 0.05) is 11.8 Å². The molecule has 1 fully saturated rings. The van der Waals surface area contributed by atoms with Crippen molar-refractivity contribution >= 4 is 22.8 Å². The summed E-state index contributed by atoms with van der Waals surface area (Å²) in [5.74, 6) is 0.649. The van der Waals surface area contributed by atoms with E-state index in [9.17, 15) is 4.79 Å². The molecule has 5 nitrogen and oxygen atoms in total. The molecule has 104 valence electrons. The van der Waals surface area contributed by atoms with Crippen LogP contribution in [0.5, 0.6) is 0 Å². The van der Waals surface area contributed by atoms with E-state index in [1.165, 1.54) is 0 Å². The number of ether oxygens (including phenoxy) is 1. The largest absolute Gasteiger partial charge is 0.370 e. The predicted molar refractivity (Wildman–Crippen MR) is 75.8 cm³/mol. The van der Waals surface area contributed by atoms with Crippen LogP contribution in [0.2, 0.25) is 0 Å². The summed E-state index contributed by atoms with van der Waals surface area (Å²) in [6.45, 7) is 7.64. The molecule has 1 unspecified atom stereocenters. The smallest absolute Gasteiger partial charge is 0.243 e. The number of aliphatic imine (C=N–C) groups is 1. The van der Waals surface area contributed by atoms with Crippen molar-refractivity contribution in [1.82, 2.24) is 5.32 Å². The summed E-state index contributed by atoms with van der Waals surface area (Å²) < 4.78 is 5.06. The zero-order valence-electron chi connectivity index (χ0n) is 11.4. The zero-order chi connectivity index (χ0) is 13.6. The van der Waals surface area contributed by atoms with E-state index in [1.807, 2.05) is 0 Å². The number of nitrogens with two attached hydrogens (primary N) is 1. The van der Waals surface area contributed by atoms with E-state index in [0.717, 1.165) is 17.3 Å². The minimum Gasteiger partial charge on any atom is -0.370 e. The second-order valence-electron chi connectivity index (χ2n) is 5.41. The van der Waals surface area contributed by atoms with Gasteiger partial charge in [-0.1, -0.05) is 32.5 Å². The van der Waals surface area contributed by atoms with Gasteiger partial charge in [0.05, 0.1) is 13.2 Å². The van der Waals surface area contributed by atoms with Gasteiger partial charge in [0.15, 0.2) is 5.17 Å². The van der Waals surface area contributed by atoms with Crippen molar-refractivity contribution in [1.29, 1.82) is 0 Å². The van der Waals surface area contributed by atoms with Crippen LogP contribution in [0.1, 0.15) is 27.2 Å². The van der Waals surface area contributed by atoms with Gasteiger partial charge in [-0.25, -0.2) is 0 Å². The molecule has 0 aromatic carbocycles. The Bertz CT molecular complexity index is 313. The number of nitrogens with one attached hydrogen (secondary N) is 1. The van der Waals surface area contributed by atoms with E-state index in [4.69, 9.17) is 10.5 Å². The highest BCUT2D eigenvalue weighted by Crippen LogP contribution is 2.27. The SMILES string of the molecule is CC(C)(C)C1CCSC(=NCCOCC(N)=O)N1. The van der Waals surface area contributed by atoms with E-state index in [2.05, 4.69) is 31.1 Å². The number of rotatable bonds is 5. The highest BCUT2D eigenvalue weighted by Gasteiger charge is 2.28. The summed E-state index contributed by atoms with van der Waals surface area (Å²) in [6.07, 6.45) is 1.16. The third-order valence-electron chi connectivity index (χ3n) is 2.72. The summed E-state index contributed by atoms with van der Waals surface area (Å²) >= 11 is 1.74.